The van der Waals surface area contributed by atoms with Crippen molar-refractivity contribution in [3.8, 4) is 27.6 Å². The Kier molecular flexibility index (Phi) is 6.18. The molecule has 0 fully saturated rings. The average Bonchev–Trinajstić information content (AvgIpc) is 3.25. The van der Waals surface area contributed by atoms with E-state index in [1.165, 1.54) is 23.6 Å². The summed E-state index contributed by atoms with van der Waals surface area (Å²) < 4.78 is 8.24. The number of benzene rings is 1. The standard InChI is InChI=1S/C26H30N2O4S/c1-15(2)20-10-16-11-23(32-8-6-26(3,4)5)18(24-27-7-9-33-24)12-17(16)21-13-22(29)19(25(30)31)14-28(20)21/h7,9,11-15,20H,6,8,10H2,1-5H3,(H,30,31). The van der Waals surface area contributed by atoms with Crippen LogP contribution in [0.1, 0.15) is 63.0 Å². The number of aromatic carboxylic acids is 1. The molecular weight excluding hydrogens is 436 g/mol. The summed E-state index contributed by atoms with van der Waals surface area (Å²) in [5.41, 5.74) is 3.14. The largest absolute Gasteiger partial charge is 0.493 e. The van der Waals surface area contributed by atoms with E-state index in [4.69, 9.17) is 4.74 Å². The van der Waals surface area contributed by atoms with E-state index in [1.807, 2.05) is 16.0 Å². The summed E-state index contributed by atoms with van der Waals surface area (Å²) in [6.07, 6.45) is 4.93. The van der Waals surface area contributed by atoms with E-state index in [2.05, 4.69) is 45.7 Å². The number of carboxylic acid groups (broad SMARTS) is 1. The molecule has 4 rings (SSSR count). The van der Waals surface area contributed by atoms with E-state index in [0.29, 0.717) is 6.61 Å². The molecule has 0 bridgehead atoms. The van der Waals surface area contributed by atoms with Crippen molar-refractivity contribution in [1.29, 1.82) is 0 Å². The zero-order valence-electron chi connectivity index (χ0n) is 19.7. The van der Waals surface area contributed by atoms with Crippen LogP contribution < -0.4 is 10.2 Å². The molecule has 2 aromatic heterocycles. The molecule has 0 amide bonds. The number of carbonyl (C=O) groups is 1. The number of hydrogen-bond donors (Lipinski definition) is 1. The van der Waals surface area contributed by atoms with Crippen LogP contribution in [0.25, 0.3) is 21.8 Å². The third kappa shape index (κ3) is 4.74. The Hall–Kier alpha value is -2.93. The molecule has 0 aliphatic carbocycles. The molecule has 1 unspecified atom stereocenters. The van der Waals surface area contributed by atoms with Crippen molar-refractivity contribution in [3.63, 3.8) is 0 Å². The Morgan fingerprint density at radius 2 is 2.03 bits per heavy atom. The van der Waals surface area contributed by atoms with Gasteiger partial charge in [-0.3, -0.25) is 4.79 Å². The van der Waals surface area contributed by atoms with Crippen LogP contribution in [0.3, 0.4) is 0 Å². The minimum Gasteiger partial charge on any atom is -0.493 e. The molecule has 3 aromatic rings. The van der Waals surface area contributed by atoms with E-state index < -0.39 is 11.4 Å². The lowest BCUT2D eigenvalue weighted by Gasteiger charge is -2.34. The van der Waals surface area contributed by atoms with Gasteiger partial charge in [-0.2, -0.15) is 0 Å². The van der Waals surface area contributed by atoms with Crippen molar-refractivity contribution < 1.29 is 14.6 Å². The maximum atomic E-state index is 12.6. The Morgan fingerprint density at radius 1 is 1.27 bits per heavy atom. The second kappa shape index (κ2) is 8.78. The monoisotopic (exact) mass is 466 g/mol. The number of hydrogen-bond acceptors (Lipinski definition) is 5. The zero-order valence-corrected chi connectivity index (χ0v) is 20.5. The highest BCUT2D eigenvalue weighted by Crippen LogP contribution is 2.43. The van der Waals surface area contributed by atoms with Crippen molar-refractivity contribution in [2.75, 3.05) is 6.61 Å². The molecule has 0 saturated heterocycles. The molecule has 33 heavy (non-hydrogen) atoms. The van der Waals surface area contributed by atoms with Gasteiger partial charge < -0.3 is 14.4 Å². The lowest BCUT2D eigenvalue weighted by Crippen LogP contribution is -2.28. The quantitative estimate of drug-likeness (QED) is 0.489. The topological polar surface area (TPSA) is 81.4 Å². The molecule has 3 heterocycles. The number of rotatable bonds is 6. The molecular formula is C26H30N2O4S. The van der Waals surface area contributed by atoms with Gasteiger partial charge in [0, 0.05) is 35.4 Å². The van der Waals surface area contributed by atoms with Crippen LogP contribution in [0.15, 0.2) is 40.8 Å². The van der Waals surface area contributed by atoms with Crippen LogP contribution in [0.5, 0.6) is 5.75 Å². The van der Waals surface area contributed by atoms with Crippen molar-refractivity contribution in [3.05, 3.63) is 57.3 Å². The van der Waals surface area contributed by atoms with Gasteiger partial charge in [-0.1, -0.05) is 34.6 Å². The second-order valence-electron chi connectivity index (χ2n) is 10.2. The normalized spacial score (nSPS) is 15.3. The van der Waals surface area contributed by atoms with Gasteiger partial charge in [0.15, 0.2) is 5.43 Å². The molecule has 0 saturated carbocycles. The van der Waals surface area contributed by atoms with Gasteiger partial charge in [0.05, 0.1) is 17.9 Å². The molecule has 174 valence electrons. The van der Waals surface area contributed by atoms with Gasteiger partial charge in [0.25, 0.3) is 0 Å². The molecule has 1 atom stereocenters. The van der Waals surface area contributed by atoms with Gasteiger partial charge in [-0.25, -0.2) is 9.78 Å². The number of pyridine rings is 1. The van der Waals surface area contributed by atoms with E-state index in [0.717, 1.165) is 46.0 Å². The maximum Gasteiger partial charge on any atom is 0.341 e. The van der Waals surface area contributed by atoms with Crippen LogP contribution in [-0.4, -0.2) is 27.2 Å². The Bertz CT molecular complexity index is 1240. The summed E-state index contributed by atoms with van der Waals surface area (Å²) in [6.45, 7) is 11.4. The first-order chi connectivity index (χ1) is 15.5. The van der Waals surface area contributed by atoms with Crippen LogP contribution in [-0.2, 0) is 6.42 Å². The smallest absolute Gasteiger partial charge is 0.341 e. The van der Waals surface area contributed by atoms with Gasteiger partial charge in [0.2, 0.25) is 0 Å². The van der Waals surface area contributed by atoms with Crippen molar-refractivity contribution >= 4 is 17.3 Å². The fourth-order valence-corrected chi connectivity index (χ4v) is 4.88. The first kappa shape index (κ1) is 23.2. The summed E-state index contributed by atoms with van der Waals surface area (Å²) in [4.78, 5) is 28.7. The molecule has 1 aliphatic rings. The number of carboxylic acids is 1. The lowest BCUT2D eigenvalue weighted by atomic mass is 9.86. The minimum atomic E-state index is -1.20. The average molecular weight is 467 g/mol. The highest BCUT2D eigenvalue weighted by atomic mass is 32.1. The van der Waals surface area contributed by atoms with Crippen LogP contribution in [0.4, 0.5) is 0 Å². The second-order valence-corrected chi connectivity index (χ2v) is 11.1. The van der Waals surface area contributed by atoms with Gasteiger partial charge in [0.1, 0.15) is 16.3 Å². The summed E-state index contributed by atoms with van der Waals surface area (Å²) in [7, 11) is 0. The van der Waals surface area contributed by atoms with Crippen molar-refractivity contribution in [2.45, 2.75) is 53.5 Å². The van der Waals surface area contributed by atoms with Gasteiger partial charge >= 0.3 is 5.97 Å². The van der Waals surface area contributed by atoms with Gasteiger partial charge in [-0.05, 0) is 41.9 Å². The lowest BCUT2D eigenvalue weighted by molar-refractivity contribution is 0.0694. The molecule has 0 spiro atoms. The summed E-state index contributed by atoms with van der Waals surface area (Å²) in [5, 5.41) is 12.3. The fourth-order valence-electron chi connectivity index (χ4n) is 4.22. The SMILES string of the molecule is CC(C)C1Cc2cc(OCCC(C)(C)C)c(-c3nccs3)cc2-c2cc(=O)c(C(=O)O)cn21. The first-order valence-electron chi connectivity index (χ1n) is 11.2. The van der Waals surface area contributed by atoms with E-state index in [-0.39, 0.29) is 22.9 Å². The molecule has 7 heteroatoms. The Labute approximate surface area is 197 Å². The van der Waals surface area contributed by atoms with Crippen molar-refractivity contribution in [1.82, 2.24) is 9.55 Å². The number of ether oxygens (including phenoxy) is 1. The predicted octanol–water partition coefficient (Wildman–Crippen LogP) is 5.91. The molecule has 1 aliphatic heterocycles. The minimum absolute atomic E-state index is 0.0411. The van der Waals surface area contributed by atoms with Crippen LogP contribution in [0.2, 0.25) is 0 Å². The number of thiazole rings is 1. The Morgan fingerprint density at radius 3 is 2.64 bits per heavy atom. The Balaban J connectivity index is 1.88. The summed E-state index contributed by atoms with van der Waals surface area (Å²) in [5.74, 6) is -0.145. The predicted molar refractivity (Wildman–Crippen MR) is 131 cm³/mol. The molecule has 1 N–H and O–H groups in total. The third-order valence-electron chi connectivity index (χ3n) is 6.12. The third-order valence-corrected chi connectivity index (χ3v) is 6.93. The number of aromatic nitrogens is 2. The van der Waals surface area contributed by atoms with Gasteiger partial charge in [-0.15, -0.1) is 11.3 Å². The molecule has 1 aromatic carbocycles. The maximum absolute atomic E-state index is 12.6. The first-order valence-corrected chi connectivity index (χ1v) is 12.1. The number of fused-ring (bicyclic) bond motifs is 3. The highest BCUT2D eigenvalue weighted by Gasteiger charge is 2.29. The van der Waals surface area contributed by atoms with Crippen molar-refractivity contribution in [2.24, 2.45) is 11.3 Å². The summed E-state index contributed by atoms with van der Waals surface area (Å²) >= 11 is 1.54. The van der Waals surface area contributed by atoms with E-state index in [9.17, 15) is 14.7 Å². The van der Waals surface area contributed by atoms with Crippen LogP contribution in [0, 0.1) is 11.3 Å². The van der Waals surface area contributed by atoms with Crippen LogP contribution >= 0.6 is 11.3 Å². The van der Waals surface area contributed by atoms with E-state index in [1.54, 1.807) is 6.20 Å². The molecule has 6 nitrogen and oxygen atoms in total. The zero-order chi connectivity index (χ0) is 23.9. The fraction of sp³-hybridized carbons (Fsp3) is 0.423. The van der Waals surface area contributed by atoms with E-state index >= 15 is 0 Å². The summed E-state index contributed by atoms with van der Waals surface area (Å²) in [6, 6.07) is 5.63. The highest BCUT2D eigenvalue weighted by molar-refractivity contribution is 7.13. The number of nitrogens with zero attached hydrogens (tertiary/aromatic N) is 2. The molecule has 0 radical (unpaired) electrons.